The molecule has 0 amide bonds. The van der Waals surface area contributed by atoms with Crippen molar-refractivity contribution in [3.8, 4) is 0 Å². The third kappa shape index (κ3) is 3.59. The Morgan fingerprint density at radius 2 is 1.80 bits per heavy atom. The molecule has 3 heterocycles. The highest BCUT2D eigenvalue weighted by Gasteiger charge is 2.28. The summed E-state index contributed by atoms with van der Waals surface area (Å²) in [6.45, 7) is 6.42. The van der Waals surface area contributed by atoms with Crippen molar-refractivity contribution in [1.82, 2.24) is 18.7 Å². The molecule has 1 N–H and O–H groups in total. The molecule has 1 saturated heterocycles. The van der Waals surface area contributed by atoms with Crippen molar-refractivity contribution in [3.05, 3.63) is 62.3 Å². The fraction of sp³-hybridized carbons (Fsp3) is 0.476. The Hall–Kier alpha value is -2.78. The van der Waals surface area contributed by atoms with Crippen molar-refractivity contribution in [2.24, 2.45) is 14.1 Å². The van der Waals surface area contributed by atoms with Crippen LogP contribution in [0, 0.1) is 5.82 Å². The average Bonchev–Trinajstić information content (AvgIpc) is 3.04. The van der Waals surface area contributed by atoms with Crippen LogP contribution in [0.4, 0.5) is 4.39 Å². The minimum absolute atomic E-state index is 0.116. The molecule has 1 aliphatic rings. The summed E-state index contributed by atoms with van der Waals surface area (Å²) in [5.74, 6) is 0.316. The molecule has 3 aromatic rings. The van der Waals surface area contributed by atoms with Crippen molar-refractivity contribution in [1.29, 1.82) is 0 Å². The maximum absolute atomic E-state index is 14.4. The van der Waals surface area contributed by atoms with E-state index in [-0.39, 0.29) is 24.6 Å². The van der Waals surface area contributed by atoms with Gasteiger partial charge in [0.05, 0.1) is 6.54 Å². The van der Waals surface area contributed by atoms with E-state index in [1.54, 1.807) is 29.8 Å². The van der Waals surface area contributed by atoms with Gasteiger partial charge in [0.2, 0.25) is 0 Å². The third-order valence-electron chi connectivity index (χ3n) is 5.74. The average molecular weight is 416 g/mol. The summed E-state index contributed by atoms with van der Waals surface area (Å²) >= 11 is 0. The predicted molar refractivity (Wildman–Crippen MR) is 110 cm³/mol. The van der Waals surface area contributed by atoms with Gasteiger partial charge in [0, 0.05) is 19.7 Å². The standard InChI is InChI=1S/C21H26FN5O3/c1-13-9-26(10-14(2)30-13)12-17-23-19-18(20(28)25(4)21(29)24(19)3)27(17)11-15-7-5-6-8-16(15)22/h5-8,13-14H,9-12H2,1-4H3/p+1/t13-,14-/m0/s1. The Morgan fingerprint density at radius 1 is 1.13 bits per heavy atom. The summed E-state index contributed by atoms with van der Waals surface area (Å²) in [7, 11) is 3.04. The number of benzene rings is 1. The van der Waals surface area contributed by atoms with Gasteiger partial charge in [0.25, 0.3) is 5.56 Å². The van der Waals surface area contributed by atoms with Gasteiger partial charge < -0.3 is 14.2 Å². The molecule has 9 heteroatoms. The largest absolute Gasteiger partial charge is 0.364 e. The van der Waals surface area contributed by atoms with Gasteiger partial charge >= 0.3 is 5.69 Å². The van der Waals surface area contributed by atoms with Crippen molar-refractivity contribution >= 4 is 11.2 Å². The Balaban J connectivity index is 1.87. The molecule has 2 atom stereocenters. The molecule has 2 aromatic heterocycles. The maximum Gasteiger partial charge on any atom is 0.332 e. The van der Waals surface area contributed by atoms with Crippen molar-refractivity contribution < 1.29 is 14.0 Å². The molecular formula is C21H27FN5O3+. The molecule has 0 radical (unpaired) electrons. The van der Waals surface area contributed by atoms with E-state index in [9.17, 15) is 14.0 Å². The Labute approximate surface area is 173 Å². The van der Waals surface area contributed by atoms with E-state index in [1.807, 2.05) is 13.8 Å². The number of aryl methyl sites for hydroxylation is 1. The lowest BCUT2D eigenvalue weighted by Crippen LogP contribution is -3.14. The highest BCUT2D eigenvalue weighted by atomic mass is 19.1. The van der Waals surface area contributed by atoms with Gasteiger partial charge in [0.15, 0.2) is 17.0 Å². The van der Waals surface area contributed by atoms with Gasteiger partial charge in [0.1, 0.15) is 37.7 Å². The molecule has 0 spiro atoms. The molecule has 0 aliphatic carbocycles. The van der Waals surface area contributed by atoms with Crippen LogP contribution >= 0.6 is 0 Å². The number of imidazole rings is 1. The van der Waals surface area contributed by atoms with E-state index in [1.165, 1.54) is 22.6 Å². The highest BCUT2D eigenvalue weighted by Crippen LogP contribution is 2.16. The van der Waals surface area contributed by atoms with E-state index >= 15 is 0 Å². The number of hydrogen-bond donors (Lipinski definition) is 1. The van der Waals surface area contributed by atoms with Crippen LogP contribution in [-0.4, -0.2) is 44.0 Å². The van der Waals surface area contributed by atoms with Crippen LogP contribution in [0.25, 0.3) is 11.2 Å². The first-order chi connectivity index (χ1) is 14.3. The number of morpholine rings is 1. The summed E-state index contributed by atoms with van der Waals surface area (Å²) in [5, 5.41) is 0. The molecule has 1 aliphatic heterocycles. The second-order valence-electron chi connectivity index (χ2n) is 8.18. The number of ether oxygens (including phenoxy) is 1. The number of nitrogens with one attached hydrogen (secondary N) is 1. The quantitative estimate of drug-likeness (QED) is 0.640. The predicted octanol–water partition coefficient (Wildman–Crippen LogP) is -0.187. The lowest BCUT2D eigenvalue weighted by Gasteiger charge is -2.32. The van der Waals surface area contributed by atoms with E-state index in [2.05, 4.69) is 4.98 Å². The van der Waals surface area contributed by atoms with Crippen LogP contribution in [0.1, 0.15) is 25.2 Å². The first-order valence-corrected chi connectivity index (χ1v) is 10.1. The molecule has 160 valence electrons. The second-order valence-corrected chi connectivity index (χ2v) is 8.18. The molecular weight excluding hydrogens is 389 g/mol. The van der Waals surface area contributed by atoms with Crippen LogP contribution in [0.2, 0.25) is 0 Å². The van der Waals surface area contributed by atoms with Crippen molar-refractivity contribution in [3.63, 3.8) is 0 Å². The smallest absolute Gasteiger partial charge is 0.332 e. The molecule has 30 heavy (non-hydrogen) atoms. The van der Waals surface area contributed by atoms with Crippen molar-refractivity contribution in [2.75, 3.05) is 13.1 Å². The number of fused-ring (bicyclic) bond motifs is 1. The van der Waals surface area contributed by atoms with Gasteiger partial charge in [-0.05, 0) is 19.9 Å². The van der Waals surface area contributed by atoms with Crippen LogP contribution in [0.3, 0.4) is 0 Å². The minimum atomic E-state index is -0.435. The monoisotopic (exact) mass is 416 g/mol. The number of aromatic nitrogens is 4. The van der Waals surface area contributed by atoms with E-state index in [4.69, 9.17) is 4.74 Å². The van der Waals surface area contributed by atoms with Crippen LogP contribution < -0.4 is 16.1 Å². The summed E-state index contributed by atoms with van der Waals surface area (Å²) in [6, 6.07) is 6.50. The lowest BCUT2D eigenvalue weighted by atomic mass is 10.2. The Kier molecular flexibility index (Phi) is 5.33. The molecule has 0 saturated carbocycles. The minimum Gasteiger partial charge on any atom is -0.364 e. The Morgan fingerprint density at radius 3 is 2.47 bits per heavy atom. The van der Waals surface area contributed by atoms with Crippen molar-refractivity contribution in [2.45, 2.75) is 39.1 Å². The van der Waals surface area contributed by atoms with Gasteiger partial charge in [-0.2, -0.15) is 0 Å². The first-order valence-electron chi connectivity index (χ1n) is 10.1. The highest BCUT2D eigenvalue weighted by molar-refractivity contribution is 5.71. The van der Waals surface area contributed by atoms with Gasteiger partial charge in [-0.1, -0.05) is 18.2 Å². The molecule has 1 fully saturated rings. The third-order valence-corrected chi connectivity index (χ3v) is 5.74. The summed E-state index contributed by atoms with van der Waals surface area (Å²) < 4.78 is 24.4. The number of nitrogens with zero attached hydrogens (tertiary/aromatic N) is 4. The zero-order valence-electron chi connectivity index (χ0n) is 17.7. The first kappa shape index (κ1) is 20.5. The van der Waals surface area contributed by atoms with Gasteiger partial charge in [-0.25, -0.2) is 14.2 Å². The van der Waals surface area contributed by atoms with Crippen LogP contribution in [0.5, 0.6) is 0 Å². The molecule has 4 rings (SSSR count). The van der Waals surface area contributed by atoms with Crippen LogP contribution in [0.15, 0.2) is 33.9 Å². The zero-order valence-corrected chi connectivity index (χ0v) is 17.7. The van der Waals surface area contributed by atoms with E-state index in [0.29, 0.717) is 29.1 Å². The SMILES string of the molecule is C[C@H]1C[NH+](Cc2nc3c(c(=O)n(C)c(=O)n3C)n2Cc2ccccc2F)C[C@H](C)O1. The molecule has 1 aromatic carbocycles. The second kappa shape index (κ2) is 7.81. The number of quaternary nitrogens is 1. The Bertz CT molecular complexity index is 1200. The zero-order chi connectivity index (χ0) is 21.6. The fourth-order valence-corrected chi connectivity index (χ4v) is 4.35. The summed E-state index contributed by atoms with van der Waals surface area (Å²) in [5.41, 5.74) is 0.236. The molecule has 0 bridgehead atoms. The van der Waals surface area contributed by atoms with Gasteiger partial charge in [-0.3, -0.25) is 13.9 Å². The number of hydrogen-bond acceptors (Lipinski definition) is 4. The van der Waals surface area contributed by atoms with E-state index < -0.39 is 11.2 Å². The number of rotatable bonds is 4. The lowest BCUT2D eigenvalue weighted by molar-refractivity contribution is -0.929. The maximum atomic E-state index is 14.4. The van der Waals surface area contributed by atoms with Gasteiger partial charge in [-0.15, -0.1) is 0 Å². The number of halogens is 1. The van der Waals surface area contributed by atoms with Crippen LogP contribution in [-0.2, 0) is 31.9 Å². The summed E-state index contributed by atoms with van der Waals surface area (Å²) in [4.78, 5) is 31.3. The normalized spacial score (nSPS) is 22.0. The summed E-state index contributed by atoms with van der Waals surface area (Å²) in [6.07, 6.45) is 0.232. The van der Waals surface area contributed by atoms with E-state index in [0.717, 1.165) is 17.7 Å². The topological polar surface area (TPSA) is 75.5 Å². The molecule has 8 nitrogen and oxygen atoms in total. The molecule has 0 unspecified atom stereocenters. The fourth-order valence-electron chi connectivity index (χ4n) is 4.35.